The average Bonchev–Trinajstić information content (AvgIpc) is 2.53. The molecule has 0 aliphatic heterocycles. The van der Waals surface area contributed by atoms with Crippen molar-refractivity contribution in [2.45, 2.75) is 25.7 Å². The fourth-order valence-electron chi connectivity index (χ4n) is 3.14. The highest BCUT2D eigenvalue weighted by molar-refractivity contribution is 5.94. The van der Waals surface area contributed by atoms with Crippen molar-refractivity contribution in [3.63, 3.8) is 0 Å². The van der Waals surface area contributed by atoms with Crippen molar-refractivity contribution in [1.29, 1.82) is 0 Å². The van der Waals surface area contributed by atoms with Crippen LogP contribution in [0.25, 0.3) is 22.1 Å². The predicted octanol–water partition coefficient (Wildman–Crippen LogP) is 3.44. The molecule has 4 heteroatoms. The summed E-state index contributed by atoms with van der Waals surface area (Å²) < 4.78 is 5.18. The SMILES string of the molecule is O=c1ccc2c(-c3cnc4c(c3)CCCC4)cc(O)cc2o1. The number of aromatic nitrogens is 1. The number of aromatic hydroxyl groups is 1. The number of benzene rings is 1. The quantitative estimate of drug-likeness (QED) is 0.698. The van der Waals surface area contributed by atoms with Gasteiger partial charge < -0.3 is 9.52 Å². The third-order valence-electron chi connectivity index (χ3n) is 4.20. The van der Waals surface area contributed by atoms with Crippen LogP contribution in [0.3, 0.4) is 0 Å². The van der Waals surface area contributed by atoms with E-state index in [2.05, 4.69) is 11.1 Å². The van der Waals surface area contributed by atoms with Gasteiger partial charge in [-0.15, -0.1) is 0 Å². The van der Waals surface area contributed by atoms with Crippen molar-refractivity contribution >= 4 is 11.0 Å². The topological polar surface area (TPSA) is 63.3 Å². The van der Waals surface area contributed by atoms with Gasteiger partial charge in [0.2, 0.25) is 0 Å². The zero-order valence-corrected chi connectivity index (χ0v) is 12.0. The number of hydrogen-bond acceptors (Lipinski definition) is 4. The van der Waals surface area contributed by atoms with Crippen LogP contribution in [0.15, 0.2) is 45.7 Å². The number of pyridine rings is 1. The standard InChI is InChI=1S/C18H15NO3/c20-13-8-15(14-5-6-18(21)22-17(14)9-13)12-7-11-3-1-2-4-16(11)19-10-12/h5-10,20H,1-4H2. The van der Waals surface area contributed by atoms with Crippen LogP contribution < -0.4 is 5.63 Å². The molecule has 2 heterocycles. The molecule has 0 spiro atoms. The van der Waals surface area contributed by atoms with E-state index in [1.807, 2.05) is 6.20 Å². The molecule has 1 aromatic carbocycles. The van der Waals surface area contributed by atoms with E-state index in [-0.39, 0.29) is 5.75 Å². The van der Waals surface area contributed by atoms with E-state index in [1.165, 1.54) is 36.2 Å². The number of nitrogens with zero attached hydrogens (tertiary/aromatic N) is 1. The lowest BCUT2D eigenvalue weighted by Crippen LogP contribution is -2.05. The van der Waals surface area contributed by atoms with Crippen LogP contribution >= 0.6 is 0 Å². The average molecular weight is 293 g/mol. The highest BCUT2D eigenvalue weighted by atomic mass is 16.4. The van der Waals surface area contributed by atoms with Crippen molar-refractivity contribution in [3.05, 3.63) is 58.2 Å². The Balaban J connectivity index is 1.95. The van der Waals surface area contributed by atoms with E-state index in [0.717, 1.165) is 29.4 Å². The van der Waals surface area contributed by atoms with Crippen molar-refractivity contribution in [2.24, 2.45) is 0 Å². The molecule has 22 heavy (non-hydrogen) atoms. The Morgan fingerprint density at radius 2 is 1.95 bits per heavy atom. The number of hydrogen-bond donors (Lipinski definition) is 1. The Morgan fingerprint density at radius 1 is 1.09 bits per heavy atom. The van der Waals surface area contributed by atoms with Gasteiger partial charge in [0.1, 0.15) is 11.3 Å². The molecule has 0 bridgehead atoms. The van der Waals surface area contributed by atoms with Crippen LogP contribution in [0.2, 0.25) is 0 Å². The second kappa shape index (κ2) is 4.98. The Hall–Kier alpha value is -2.62. The van der Waals surface area contributed by atoms with Gasteiger partial charge in [0, 0.05) is 35.0 Å². The monoisotopic (exact) mass is 293 g/mol. The molecule has 1 N–H and O–H groups in total. The summed E-state index contributed by atoms with van der Waals surface area (Å²) in [6.07, 6.45) is 6.30. The van der Waals surface area contributed by atoms with E-state index in [0.29, 0.717) is 5.58 Å². The van der Waals surface area contributed by atoms with Crippen molar-refractivity contribution in [3.8, 4) is 16.9 Å². The summed E-state index contributed by atoms with van der Waals surface area (Å²) in [5, 5.41) is 10.7. The van der Waals surface area contributed by atoms with Crippen LogP contribution in [0.1, 0.15) is 24.1 Å². The Bertz CT molecular complexity index is 927. The van der Waals surface area contributed by atoms with E-state index >= 15 is 0 Å². The van der Waals surface area contributed by atoms with Crippen LogP contribution in [0, 0.1) is 0 Å². The van der Waals surface area contributed by atoms with Crippen LogP contribution in [0.4, 0.5) is 0 Å². The summed E-state index contributed by atoms with van der Waals surface area (Å²) in [4.78, 5) is 15.9. The Kier molecular flexibility index (Phi) is 2.96. The van der Waals surface area contributed by atoms with Gasteiger partial charge >= 0.3 is 5.63 Å². The maximum Gasteiger partial charge on any atom is 0.336 e. The van der Waals surface area contributed by atoms with E-state index < -0.39 is 5.63 Å². The summed E-state index contributed by atoms with van der Waals surface area (Å²) >= 11 is 0. The van der Waals surface area contributed by atoms with Crippen molar-refractivity contribution in [2.75, 3.05) is 0 Å². The molecule has 0 atom stereocenters. The molecular weight excluding hydrogens is 278 g/mol. The smallest absolute Gasteiger partial charge is 0.336 e. The molecule has 3 aromatic rings. The minimum Gasteiger partial charge on any atom is -0.508 e. The van der Waals surface area contributed by atoms with Crippen LogP contribution in [-0.2, 0) is 12.8 Å². The highest BCUT2D eigenvalue weighted by Gasteiger charge is 2.14. The van der Waals surface area contributed by atoms with E-state index in [4.69, 9.17) is 4.42 Å². The lowest BCUT2D eigenvalue weighted by molar-refractivity contribution is 0.473. The maximum absolute atomic E-state index is 11.4. The van der Waals surface area contributed by atoms with Gasteiger partial charge in [0.05, 0.1) is 0 Å². The largest absolute Gasteiger partial charge is 0.508 e. The molecule has 0 unspecified atom stereocenters. The van der Waals surface area contributed by atoms with Gasteiger partial charge in [0.25, 0.3) is 0 Å². The minimum absolute atomic E-state index is 0.0783. The second-order valence-electron chi connectivity index (χ2n) is 5.70. The molecule has 0 amide bonds. The fraction of sp³-hybridized carbons (Fsp3) is 0.222. The Morgan fingerprint density at radius 3 is 2.86 bits per heavy atom. The molecule has 2 aromatic heterocycles. The summed E-state index contributed by atoms with van der Waals surface area (Å²) in [6.45, 7) is 0. The molecule has 4 nitrogen and oxygen atoms in total. The molecule has 0 saturated heterocycles. The first-order valence-electron chi connectivity index (χ1n) is 7.46. The first-order chi connectivity index (χ1) is 10.7. The number of phenols is 1. The molecule has 0 fully saturated rings. The van der Waals surface area contributed by atoms with Gasteiger partial charge in [-0.3, -0.25) is 4.98 Å². The summed E-state index contributed by atoms with van der Waals surface area (Å²) in [6, 6.07) is 8.42. The second-order valence-corrected chi connectivity index (χ2v) is 5.70. The van der Waals surface area contributed by atoms with E-state index in [9.17, 15) is 9.90 Å². The number of fused-ring (bicyclic) bond motifs is 2. The minimum atomic E-state index is -0.424. The van der Waals surface area contributed by atoms with Gasteiger partial charge in [-0.05, 0) is 55.0 Å². The van der Waals surface area contributed by atoms with E-state index in [1.54, 1.807) is 12.1 Å². The fourth-order valence-corrected chi connectivity index (χ4v) is 3.14. The van der Waals surface area contributed by atoms with Crippen molar-refractivity contribution < 1.29 is 9.52 Å². The molecular formula is C18H15NO3. The first-order valence-corrected chi connectivity index (χ1v) is 7.46. The lowest BCUT2D eigenvalue weighted by Gasteiger charge is -2.16. The third-order valence-corrected chi connectivity index (χ3v) is 4.20. The molecule has 110 valence electrons. The van der Waals surface area contributed by atoms with Crippen LogP contribution in [0.5, 0.6) is 5.75 Å². The molecule has 1 aliphatic rings. The molecule has 4 rings (SSSR count). The first kappa shape index (κ1) is 13.1. The highest BCUT2D eigenvalue weighted by Crippen LogP contribution is 2.33. The van der Waals surface area contributed by atoms with Crippen LogP contribution in [-0.4, -0.2) is 10.1 Å². The summed E-state index contributed by atoms with van der Waals surface area (Å²) in [7, 11) is 0. The van der Waals surface area contributed by atoms with Gasteiger partial charge in [-0.2, -0.15) is 0 Å². The molecule has 0 radical (unpaired) electrons. The number of aryl methyl sites for hydroxylation is 2. The van der Waals surface area contributed by atoms with Gasteiger partial charge in [-0.25, -0.2) is 4.79 Å². The Labute approximate surface area is 127 Å². The number of phenolic OH excluding ortho intramolecular Hbond substituents is 1. The maximum atomic E-state index is 11.4. The normalized spacial score (nSPS) is 14.0. The lowest BCUT2D eigenvalue weighted by atomic mass is 9.93. The van der Waals surface area contributed by atoms with Gasteiger partial charge in [-0.1, -0.05) is 0 Å². The predicted molar refractivity (Wildman–Crippen MR) is 84.0 cm³/mol. The van der Waals surface area contributed by atoms with Gasteiger partial charge in [0.15, 0.2) is 0 Å². The number of rotatable bonds is 1. The summed E-state index contributed by atoms with van der Waals surface area (Å²) in [5.74, 6) is 0.0783. The zero-order chi connectivity index (χ0) is 15.1. The van der Waals surface area contributed by atoms with Crippen molar-refractivity contribution in [1.82, 2.24) is 4.98 Å². The zero-order valence-electron chi connectivity index (χ0n) is 12.0. The molecule has 0 saturated carbocycles. The summed E-state index contributed by atoms with van der Waals surface area (Å²) in [5.41, 5.74) is 4.19. The third kappa shape index (κ3) is 2.17. The molecule has 1 aliphatic carbocycles.